The molecule has 0 spiro atoms. The van der Waals surface area contributed by atoms with Gasteiger partial charge in [-0.25, -0.2) is 4.39 Å². The summed E-state index contributed by atoms with van der Waals surface area (Å²) in [6.07, 6.45) is 4.48. The Hall–Kier alpha value is -3.61. The summed E-state index contributed by atoms with van der Waals surface area (Å²) in [5, 5.41) is 7.42. The van der Waals surface area contributed by atoms with Gasteiger partial charge in [0.05, 0.1) is 18.0 Å². The summed E-state index contributed by atoms with van der Waals surface area (Å²) in [7, 11) is 0. The van der Waals surface area contributed by atoms with E-state index in [0.29, 0.717) is 23.7 Å². The van der Waals surface area contributed by atoms with E-state index in [1.54, 1.807) is 12.1 Å². The highest BCUT2D eigenvalue weighted by atomic mass is 19.1. The molecule has 4 rings (SSSR count). The van der Waals surface area contributed by atoms with Gasteiger partial charge in [-0.3, -0.25) is 10.2 Å². The SMILES string of the molecule is CCCCOc1ccc(NC(=O)c2oc3c(c2C)/C(=N/Nc2ccc(F)cc2)CCC3)cc1. The monoisotopic (exact) mass is 449 g/mol. The van der Waals surface area contributed by atoms with Crippen molar-refractivity contribution in [3.05, 3.63) is 77.0 Å². The van der Waals surface area contributed by atoms with E-state index in [9.17, 15) is 9.18 Å². The van der Waals surface area contributed by atoms with Crippen LogP contribution in [0.5, 0.6) is 5.75 Å². The summed E-state index contributed by atoms with van der Waals surface area (Å²) in [5.41, 5.74) is 6.81. The number of benzene rings is 2. The van der Waals surface area contributed by atoms with E-state index in [1.807, 2.05) is 31.2 Å². The van der Waals surface area contributed by atoms with E-state index >= 15 is 0 Å². The number of halogens is 1. The molecule has 1 amide bonds. The number of hydrazone groups is 1. The zero-order valence-corrected chi connectivity index (χ0v) is 18.9. The van der Waals surface area contributed by atoms with Crippen molar-refractivity contribution in [2.75, 3.05) is 17.3 Å². The van der Waals surface area contributed by atoms with Gasteiger partial charge in [-0.05, 0) is 74.7 Å². The van der Waals surface area contributed by atoms with Crippen LogP contribution in [0, 0.1) is 12.7 Å². The van der Waals surface area contributed by atoms with Gasteiger partial charge < -0.3 is 14.5 Å². The molecule has 0 unspecified atom stereocenters. The summed E-state index contributed by atoms with van der Waals surface area (Å²) >= 11 is 0. The maximum absolute atomic E-state index is 13.1. The van der Waals surface area contributed by atoms with Crippen LogP contribution in [0.2, 0.25) is 0 Å². The molecular weight excluding hydrogens is 421 g/mol. The summed E-state index contributed by atoms with van der Waals surface area (Å²) in [6, 6.07) is 13.3. The first kappa shape index (κ1) is 22.6. The number of unbranched alkanes of at least 4 members (excludes halogenated alkanes) is 1. The van der Waals surface area contributed by atoms with Gasteiger partial charge in [0.15, 0.2) is 5.76 Å². The van der Waals surface area contributed by atoms with Gasteiger partial charge in [0.1, 0.15) is 17.3 Å². The highest BCUT2D eigenvalue weighted by Crippen LogP contribution is 2.31. The lowest BCUT2D eigenvalue weighted by Crippen LogP contribution is -2.14. The van der Waals surface area contributed by atoms with Gasteiger partial charge in [0, 0.05) is 23.2 Å². The molecule has 172 valence electrons. The Bertz CT molecular complexity index is 1130. The van der Waals surface area contributed by atoms with Crippen LogP contribution >= 0.6 is 0 Å². The lowest BCUT2D eigenvalue weighted by Gasteiger charge is -2.13. The van der Waals surface area contributed by atoms with Crippen molar-refractivity contribution in [1.82, 2.24) is 0 Å². The lowest BCUT2D eigenvalue weighted by atomic mass is 9.93. The Kier molecular flexibility index (Phi) is 7.07. The maximum Gasteiger partial charge on any atom is 0.291 e. The number of hydrogen-bond donors (Lipinski definition) is 2. The molecule has 1 aromatic heterocycles. The molecule has 0 aliphatic heterocycles. The van der Waals surface area contributed by atoms with Crippen molar-refractivity contribution in [2.45, 2.75) is 46.0 Å². The van der Waals surface area contributed by atoms with Gasteiger partial charge in [0.25, 0.3) is 5.91 Å². The molecule has 0 radical (unpaired) electrons. The summed E-state index contributed by atoms with van der Waals surface area (Å²) in [5.74, 6) is 1.24. The summed E-state index contributed by atoms with van der Waals surface area (Å²) < 4.78 is 24.8. The number of amides is 1. The van der Waals surface area contributed by atoms with Gasteiger partial charge in [-0.2, -0.15) is 5.10 Å². The quantitative estimate of drug-likeness (QED) is 0.312. The Morgan fingerprint density at radius 1 is 1.09 bits per heavy atom. The smallest absolute Gasteiger partial charge is 0.291 e. The number of rotatable bonds is 8. The molecule has 0 bridgehead atoms. The van der Waals surface area contributed by atoms with Crippen LogP contribution in [0.15, 0.2) is 58.0 Å². The van der Waals surface area contributed by atoms with Crippen molar-refractivity contribution in [3.63, 3.8) is 0 Å². The lowest BCUT2D eigenvalue weighted by molar-refractivity contribution is 0.0994. The molecule has 33 heavy (non-hydrogen) atoms. The molecule has 2 N–H and O–H groups in total. The van der Waals surface area contributed by atoms with Crippen LogP contribution in [0.1, 0.15) is 60.0 Å². The third-order valence-corrected chi connectivity index (χ3v) is 5.57. The molecule has 0 fully saturated rings. The second kappa shape index (κ2) is 10.3. The standard InChI is InChI=1S/C26H28FN3O3/c1-3-4-16-32-21-14-12-19(13-15-21)28-26(31)25-17(2)24-22(6-5-7-23(24)33-25)30-29-20-10-8-18(27)9-11-20/h8-15,29H,3-7,16H2,1-2H3,(H,28,31)/b30-22+. The van der Waals surface area contributed by atoms with Crippen molar-refractivity contribution >= 4 is 23.0 Å². The van der Waals surface area contributed by atoms with Crippen molar-refractivity contribution in [3.8, 4) is 5.75 Å². The molecule has 7 heteroatoms. The first-order valence-electron chi connectivity index (χ1n) is 11.3. The maximum atomic E-state index is 13.1. The molecular formula is C26H28FN3O3. The molecule has 0 atom stereocenters. The minimum atomic E-state index is -0.299. The Labute approximate surface area is 192 Å². The van der Waals surface area contributed by atoms with Crippen molar-refractivity contribution < 1.29 is 18.3 Å². The Balaban J connectivity index is 1.48. The molecule has 3 aromatic rings. The van der Waals surface area contributed by atoms with E-state index in [-0.39, 0.29) is 11.7 Å². The zero-order valence-electron chi connectivity index (χ0n) is 18.9. The number of fused-ring (bicyclic) bond motifs is 1. The Morgan fingerprint density at radius 2 is 1.82 bits per heavy atom. The fraction of sp³-hybridized carbons (Fsp3) is 0.308. The summed E-state index contributed by atoms with van der Waals surface area (Å²) in [6.45, 7) is 4.67. The number of nitrogens with zero attached hydrogens (tertiary/aromatic N) is 1. The molecule has 0 saturated carbocycles. The van der Waals surface area contributed by atoms with Gasteiger partial charge in [-0.15, -0.1) is 0 Å². The number of aryl methyl sites for hydroxylation is 1. The first-order chi connectivity index (χ1) is 16.0. The number of hydrogen-bond acceptors (Lipinski definition) is 5. The number of carbonyl (C=O) groups excluding carboxylic acids is 1. The fourth-order valence-electron chi connectivity index (χ4n) is 3.81. The van der Waals surface area contributed by atoms with E-state index in [1.165, 1.54) is 12.1 Å². The van der Waals surface area contributed by atoms with Gasteiger partial charge >= 0.3 is 0 Å². The zero-order chi connectivity index (χ0) is 23.2. The summed E-state index contributed by atoms with van der Waals surface area (Å²) in [4.78, 5) is 12.9. The van der Waals surface area contributed by atoms with Crippen molar-refractivity contribution in [2.24, 2.45) is 5.10 Å². The van der Waals surface area contributed by atoms with Gasteiger partial charge in [0.2, 0.25) is 0 Å². The van der Waals surface area contributed by atoms with E-state index < -0.39 is 0 Å². The highest BCUT2D eigenvalue weighted by Gasteiger charge is 2.28. The highest BCUT2D eigenvalue weighted by molar-refractivity contribution is 6.09. The molecule has 1 aliphatic carbocycles. The predicted octanol–water partition coefficient (Wildman–Crippen LogP) is 6.31. The molecule has 6 nitrogen and oxygen atoms in total. The number of nitrogens with one attached hydrogen (secondary N) is 2. The molecule has 0 saturated heterocycles. The van der Waals surface area contributed by atoms with Crippen LogP contribution < -0.4 is 15.5 Å². The normalized spacial score (nSPS) is 14.1. The number of ether oxygens (including phenoxy) is 1. The number of carbonyl (C=O) groups is 1. The third kappa shape index (κ3) is 5.42. The second-order valence-corrected chi connectivity index (χ2v) is 8.07. The van der Waals surface area contributed by atoms with Crippen LogP contribution in [0.4, 0.5) is 15.8 Å². The number of anilines is 2. The molecule has 1 heterocycles. The van der Waals surface area contributed by atoms with E-state index in [2.05, 4.69) is 22.8 Å². The molecule has 2 aromatic carbocycles. The van der Waals surface area contributed by atoms with Crippen molar-refractivity contribution in [1.29, 1.82) is 0 Å². The number of furan rings is 1. The van der Waals surface area contributed by atoms with Crippen LogP contribution in [-0.2, 0) is 6.42 Å². The van der Waals surface area contributed by atoms with Crippen LogP contribution in [0.25, 0.3) is 0 Å². The third-order valence-electron chi connectivity index (χ3n) is 5.57. The van der Waals surface area contributed by atoms with Crippen LogP contribution in [0.3, 0.4) is 0 Å². The van der Waals surface area contributed by atoms with E-state index in [4.69, 9.17) is 9.15 Å². The average Bonchev–Trinajstić information content (AvgIpc) is 3.17. The minimum absolute atomic E-state index is 0.291. The van der Waals surface area contributed by atoms with Gasteiger partial charge in [-0.1, -0.05) is 13.3 Å². The Morgan fingerprint density at radius 3 is 2.55 bits per heavy atom. The molecule has 1 aliphatic rings. The average molecular weight is 450 g/mol. The first-order valence-corrected chi connectivity index (χ1v) is 11.3. The second-order valence-electron chi connectivity index (χ2n) is 8.07. The predicted molar refractivity (Wildman–Crippen MR) is 128 cm³/mol. The minimum Gasteiger partial charge on any atom is -0.494 e. The topological polar surface area (TPSA) is 75.9 Å². The largest absolute Gasteiger partial charge is 0.494 e. The van der Waals surface area contributed by atoms with E-state index in [0.717, 1.165) is 60.5 Å². The van der Waals surface area contributed by atoms with Crippen LogP contribution in [-0.4, -0.2) is 18.2 Å². The fourth-order valence-corrected chi connectivity index (χ4v) is 3.81.